The van der Waals surface area contributed by atoms with Crippen LogP contribution < -0.4 is 15.8 Å². The average molecular weight is 285 g/mol. The van der Waals surface area contributed by atoms with E-state index in [-0.39, 0.29) is 5.56 Å². The number of hydrogen-bond acceptors (Lipinski definition) is 3. The van der Waals surface area contributed by atoms with Gasteiger partial charge in [0.25, 0.3) is 11.5 Å². The molecular formula is C16H19N3O2. The Balaban J connectivity index is 2.12. The van der Waals surface area contributed by atoms with Crippen LogP contribution in [0.4, 0.5) is 11.4 Å². The summed E-state index contributed by atoms with van der Waals surface area (Å²) in [7, 11) is 0. The molecule has 2 N–H and O–H groups in total. The van der Waals surface area contributed by atoms with E-state index in [1.165, 1.54) is 12.3 Å². The lowest BCUT2D eigenvalue weighted by Gasteiger charge is -2.21. The van der Waals surface area contributed by atoms with E-state index in [4.69, 9.17) is 0 Å². The van der Waals surface area contributed by atoms with Gasteiger partial charge >= 0.3 is 0 Å². The van der Waals surface area contributed by atoms with Gasteiger partial charge in [0, 0.05) is 30.7 Å². The first-order chi connectivity index (χ1) is 10.2. The Kier molecular flexibility index (Phi) is 4.77. The highest BCUT2D eigenvalue weighted by Crippen LogP contribution is 2.17. The minimum absolute atomic E-state index is 0.102. The molecule has 0 aliphatic carbocycles. The number of pyridine rings is 1. The van der Waals surface area contributed by atoms with Gasteiger partial charge in [-0.05, 0) is 50.2 Å². The van der Waals surface area contributed by atoms with E-state index in [0.29, 0.717) is 5.69 Å². The number of hydrogen-bond donors (Lipinski definition) is 2. The van der Waals surface area contributed by atoms with Crippen LogP contribution in [0.25, 0.3) is 0 Å². The third-order valence-electron chi connectivity index (χ3n) is 3.32. The highest BCUT2D eigenvalue weighted by Gasteiger charge is 2.10. The molecule has 0 bridgehead atoms. The number of rotatable bonds is 5. The second-order valence-electron chi connectivity index (χ2n) is 4.59. The largest absolute Gasteiger partial charge is 0.372 e. The summed E-state index contributed by atoms with van der Waals surface area (Å²) in [5.41, 5.74) is 1.48. The van der Waals surface area contributed by atoms with Gasteiger partial charge in [-0.1, -0.05) is 0 Å². The topological polar surface area (TPSA) is 65.2 Å². The minimum atomic E-state index is -0.410. The summed E-state index contributed by atoms with van der Waals surface area (Å²) < 4.78 is 0. The van der Waals surface area contributed by atoms with E-state index in [0.717, 1.165) is 18.8 Å². The first kappa shape index (κ1) is 14.8. The van der Waals surface area contributed by atoms with Crippen molar-refractivity contribution in [1.82, 2.24) is 4.98 Å². The summed E-state index contributed by atoms with van der Waals surface area (Å²) in [5, 5.41) is 2.72. The molecule has 2 aromatic rings. The second-order valence-corrected chi connectivity index (χ2v) is 4.59. The SMILES string of the molecule is CCN(CC)c1ccc(NC(=O)c2ccc[nH]c2=O)cc1. The number of nitrogens with zero attached hydrogens (tertiary/aromatic N) is 1. The van der Waals surface area contributed by atoms with Crippen molar-refractivity contribution in [2.75, 3.05) is 23.3 Å². The molecule has 0 radical (unpaired) electrons. The fourth-order valence-corrected chi connectivity index (χ4v) is 2.14. The van der Waals surface area contributed by atoms with Crippen LogP contribution in [0.5, 0.6) is 0 Å². The standard InChI is InChI=1S/C16H19N3O2/c1-3-19(4-2)13-9-7-12(8-10-13)18-16(21)14-6-5-11-17-15(14)20/h5-11H,3-4H2,1-2H3,(H,17,20)(H,18,21). The number of aromatic amines is 1. The number of anilines is 2. The summed E-state index contributed by atoms with van der Waals surface area (Å²) in [4.78, 5) is 28.3. The molecule has 0 spiro atoms. The maximum absolute atomic E-state index is 12.0. The van der Waals surface area contributed by atoms with Crippen LogP contribution in [0, 0.1) is 0 Å². The number of H-pyrrole nitrogens is 1. The third-order valence-corrected chi connectivity index (χ3v) is 3.32. The molecule has 1 amide bonds. The first-order valence-electron chi connectivity index (χ1n) is 6.99. The van der Waals surface area contributed by atoms with Crippen LogP contribution in [0.1, 0.15) is 24.2 Å². The zero-order valence-electron chi connectivity index (χ0n) is 12.2. The van der Waals surface area contributed by atoms with Gasteiger partial charge in [0.05, 0.1) is 0 Å². The van der Waals surface area contributed by atoms with Crippen LogP contribution in [0.2, 0.25) is 0 Å². The molecule has 0 saturated carbocycles. The predicted octanol–water partition coefficient (Wildman–Crippen LogP) is 2.47. The molecule has 0 saturated heterocycles. The number of nitrogens with one attached hydrogen (secondary N) is 2. The Labute approximate surface area is 123 Å². The summed E-state index contributed by atoms with van der Waals surface area (Å²) in [6, 6.07) is 10.7. The molecule has 110 valence electrons. The number of aromatic nitrogens is 1. The molecule has 0 atom stereocenters. The lowest BCUT2D eigenvalue weighted by atomic mass is 10.2. The molecule has 1 aromatic heterocycles. The maximum Gasteiger partial charge on any atom is 0.261 e. The minimum Gasteiger partial charge on any atom is -0.372 e. The van der Waals surface area contributed by atoms with Gasteiger partial charge in [-0.3, -0.25) is 9.59 Å². The third kappa shape index (κ3) is 3.51. The maximum atomic E-state index is 12.0. The fourth-order valence-electron chi connectivity index (χ4n) is 2.14. The summed E-state index contributed by atoms with van der Waals surface area (Å²) in [5.74, 6) is -0.410. The molecule has 0 fully saturated rings. The van der Waals surface area contributed by atoms with Crippen LogP contribution in [-0.4, -0.2) is 24.0 Å². The van der Waals surface area contributed by atoms with Crippen molar-refractivity contribution < 1.29 is 4.79 Å². The van der Waals surface area contributed by atoms with E-state index >= 15 is 0 Å². The van der Waals surface area contributed by atoms with E-state index in [1.807, 2.05) is 24.3 Å². The van der Waals surface area contributed by atoms with Crippen molar-refractivity contribution in [3.63, 3.8) is 0 Å². The molecule has 1 heterocycles. The Morgan fingerprint density at radius 2 is 1.81 bits per heavy atom. The molecule has 0 aliphatic heterocycles. The van der Waals surface area contributed by atoms with Gasteiger partial charge in [0.1, 0.15) is 5.56 Å². The van der Waals surface area contributed by atoms with E-state index in [1.54, 1.807) is 6.07 Å². The Bertz CT molecular complexity index is 658. The van der Waals surface area contributed by atoms with Crippen LogP contribution in [0.3, 0.4) is 0 Å². The number of benzene rings is 1. The monoisotopic (exact) mass is 285 g/mol. The van der Waals surface area contributed by atoms with Gasteiger partial charge in [0.15, 0.2) is 0 Å². The molecule has 5 heteroatoms. The summed E-state index contributed by atoms with van der Waals surface area (Å²) in [6.07, 6.45) is 1.50. The van der Waals surface area contributed by atoms with Crippen molar-refractivity contribution in [3.8, 4) is 0 Å². The van der Waals surface area contributed by atoms with Gasteiger partial charge in [0.2, 0.25) is 0 Å². The van der Waals surface area contributed by atoms with E-state index < -0.39 is 11.5 Å². The number of carbonyl (C=O) groups is 1. The smallest absolute Gasteiger partial charge is 0.261 e. The van der Waals surface area contributed by atoms with Gasteiger partial charge in [-0.25, -0.2) is 0 Å². The van der Waals surface area contributed by atoms with Crippen LogP contribution in [0.15, 0.2) is 47.4 Å². The Morgan fingerprint density at radius 1 is 1.14 bits per heavy atom. The van der Waals surface area contributed by atoms with E-state index in [9.17, 15) is 9.59 Å². The Morgan fingerprint density at radius 3 is 2.38 bits per heavy atom. The molecular weight excluding hydrogens is 266 g/mol. The highest BCUT2D eigenvalue weighted by molar-refractivity contribution is 6.04. The fraction of sp³-hybridized carbons (Fsp3) is 0.250. The van der Waals surface area contributed by atoms with Crippen molar-refractivity contribution in [3.05, 3.63) is 58.5 Å². The van der Waals surface area contributed by atoms with Crippen LogP contribution in [-0.2, 0) is 0 Å². The molecule has 2 rings (SSSR count). The molecule has 1 aromatic carbocycles. The van der Waals surface area contributed by atoms with Crippen molar-refractivity contribution in [2.24, 2.45) is 0 Å². The summed E-state index contributed by atoms with van der Waals surface area (Å²) in [6.45, 7) is 6.06. The zero-order valence-corrected chi connectivity index (χ0v) is 12.2. The van der Waals surface area contributed by atoms with Crippen molar-refractivity contribution in [1.29, 1.82) is 0 Å². The average Bonchev–Trinajstić information content (AvgIpc) is 2.50. The first-order valence-corrected chi connectivity index (χ1v) is 6.99. The van der Waals surface area contributed by atoms with E-state index in [2.05, 4.69) is 29.0 Å². The second kappa shape index (κ2) is 6.74. The van der Waals surface area contributed by atoms with Crippen molar-refractivity contribution >= 4 is 17.3 Å². The highest BCUT2D eigenvalue weighted by atomic mass is 16.2. The predicted molar refractivity (Wildman–Crippen MR) is 85.0 cm³/mol. The molecule has 0 unspecified atom stereocenters. The quantitative estimate of drug-likeness (QED) is 0.887. The number of carbonyl (C=O) groups excluding carboxylic acids is 1. The van der Waals surface area contributed by atoms with Gasteiger partial charge < -0.3 is 15.2 Å². The number of amides is 1. The van der Waals surface area contributed by atoms with Gasteiger partial charge in [-0.15, -0.1) is 0 Å². The van der Waals surface area contributed by atoms with Crippen LogP contribution >= 0.6 is 0 Å². The normalized spacial score (nSPS) is 10.2. The molecule has 21 heavy (non-hydrogen) atoms. The van der Waals surface area contributed by atoms with Gasteiger partial charge in [-0.2, -0.15) is 0 Å². The molecule has 5 nitrogen and oxygen atoms in total. The van der Waals surface area contributed by atoms with Crippen molar-refractivity contribution in [2.45, 2.75) is 13.8 Å². The zero-order chi connectivity index (χ0) is 15.2. The lowest BCUT2D eigenvalue weighted by Crippen LogP contribution is -2.23. The lowest BCUT2D eigenvalue weighted by molar-refractivity contribution is 0.102. The molecule has 0 aliphatic rings. The summed E-state index contributed by atoms with van der Waals surface area (Å²) >= 11 is 0. The Hall–Kier alpha value is -2.56.